The molecular weight excluding hydrogens is 238 g/mol. The van der Waals surface area contributed by atoms with Gasteiger partial charge in [-0.3, -0.25) is 0 Å². The van der Waals surface area contributed by atoms with Gasteiger partial charge in [0.1, 0.15) is 0 Å². The van der Waals surface area contributed by atoms with Crippen LogP contribution in [-0.2, 0) is 0 Å². The molecule has 100 valence electrons. The zero-order chi connectivity index (χ0) is 13.2. The van der Waals surface area contributed by atoms with Crippen LogP contribution in [0.2, 0.25) is 0 Å². The minimum Gasteiger partial charge on any atom is -0.350 e. The van der Waals surface area contributed by atoms with Gasteiger partial charge in [-0.1, -0.05) is 37.1 Å². The Morgan fingerprint density at radius 3 is 2.89 bits per heavy atom. The number of benzene rings is 1. The largest absolute Gasteiger partial charge is 0.350 e. The van der Waals surface area contributed by atoms with Crippen molar-refractivity contribution in [1.82, 2.24) is 5.43 Å². The summed E-state index contributed by atoms with van der Waals surface area (Å²) < 4.78 is 0. The Kier molecular flexibility index (Phi) is 3.23. The lowest BCUT2D eigenvalue weighted by molar-refractivity contribution is 0.249. The number of hydrogen-bond acceptors (Lipinski definition) is 2. The van der Waals surface area contributed by atoms with Crippen molar-refractivity contribution in [2.24, 2.45) is 16.8 Å². The molecule has 4 nitrogen and oxygen atoms in total. The molecular formula is C15H19N3O. The monoisotopic (exact) mass is 257 g/mol. The number of carbonyl (C=O) groups excluding carboxylic acids is 1. The second-order valence-corrected chi connectivity index (χ2v) is 5.48. The number of hydrogen-bond donors (Lipinski definition) is 2. The van der Waals surface area contributed by atoms with Crippen molar-refractivity contribution < 1.29 is 4.79 Å². The molecule has 2 aliphatic rings. The lowest BCUT2D eigenvalue weighted by Crippen LogP contribution is -2.31. The first kappa shape index (κ1) is 12.2. The van der Waals surface area contributed by atoms with Crippen molar-refractivity contribution >= 4 is 11.7 Å². The Balaban J connectivity index is 1.98. The zero-order valence-electron chi connectivity index (χ0n) is 10.9. The molecule has 0 spiro atoms. The Hall–Kier alpha value is -1.84. The molecule has 2 unspecified atom stereocenters. The number of hydrazone groups is 1. The van der Waals surface area contributed by atoms with E-state index in [9.17, 15) is 4.79 Å². The molecule has 0 heterocycles. The predicted octanol–water partition coefficient (Wildman–Crippen LogP) is 2.74. The molecule has 0 aromatic heterocycles. The molecule has 1 aromatic carbocycles. The van der Waals surface area contributed by atoms with Crippen LogP contribution < -0.4 is 11.2 Å². The Labute approximate surface area is 113 Å². The number of nitrogens with zero attached hydrogens (tertiary/aromatic N) is 1. The second kappa shape index (κ2) is 5.03. The molecule has 19 heavy (non-hydrogen) atoms. The van der Waals surface area contributed by atoms with Crippen LogP contribution in [-0.4, -0.2) is 11.7 Å². The van der Waals surface area contributed by atoms with Gasteiger partial charge in [0, 0.05) is 5.56 Å². The first-order valence-corrected chi connectivity index (χ1v) is 6.97. The SMILES string of the molecule is NC(=O)NN=C1CC2CCCCC2c2ccccc21. The van der Waals surface area contributed by atoms with Crippen molar-refractivity contribution in [3.63, 3.8) is 0 Å². The minimum atomic E-state index is -0.601. The highest BCUT2D eigenvalue weighted by atomic mass is 16.2. The molecule has 1 fully saturated rings. The van der Waals surface area contributed by atoms with Crippen molar-refractivity contribution in [2.75, 3.05) is 0 Å². The van der Waals surface area contributed by atoms with Gasteiger partial charge in [0.05, 0.1) is 5.71 Å². The third-order valence-corrected chi connectivity index (χ3v) is 4.34. The van der Waals surface area contributed by atoms with Gasteiger partial charge in [0.15, 0.2) is 0 Å². The first-order chi connectivity index (χ1) is 9.25. The topological polar surface area (TPSA) is 67.5 Å². The summed E-state index contributed by atoms with van der Waals surface area (Å²) in [7, 11) is 0. The molecule has 0 bridgehead atoms. The van der Waals surface area contributed by atoms with E-state index in [0.29, 0.717) is 11.8 Å². The fraction of sp³-hybridized carbons (Fsp3) is 0.467. The molecule has 3 rings (SSSR count). The first-order valence-electron chi connectivity index (χ1n) is 6.97. The Bertz CT molecular complexity index is 524. The predicted molar refractivity (Wildman–Crippen MR) is 75.0 cm³/mol. The number of primary amides is 1. The molecule has 1 aromatic rings. The summed E-state index contributed by atoms with van der Waals surface area (Å²) in [5, 5.41) is 4.21. The molecule has 0 radical (unpaired) electrons. The van der Waals surface area contributed by atoms with E-state index in [2.05, 4.69) is 28.7 Å². The van der Waals surface area contributed by atoms with E-state index in [1.54, 1.807) is 0 Å². The van der Waals surface area contributed by atoms with E-state index in [1.165, 1.54) is 36.8 Å². The summed E-state index contributed by atoms with van der Waals surface area (Å²) >= 11 is 0. The normalized spacial score (nSPS) is 27.5. The lowest BCUT2D eigenvalue weighted by atomic mass is 9.67. The van der Waals surface area contributed by atoms with E-state index in [0.717, 1.165) is 12.1 Å². The van der Waals surface area contributed by atoms with Gasteiger partial charge in [-0.2, -0.15) is 5.10 Å². The van der Waals surface area contributed by atoms with E-state index in [4.69, 9.17) is 5.73 Å². The summed E-state index contributed by atoms with van der Waals surface area (Å²) in [6.07, 6.45) is 6.11. The standard InChI is InChI=1S/C15H19N3O/c16-15(19)18-17-14-9-10-5-1-2-6-11(10)12-7-3-4-8-13(12)14/h3-4,7-8,10-11H,1-2,5-6,9H2,(H3,16,18,19). The van der Waals surface area contributed by atoms with Gasteiger partial charge in [0.25, 0.3) is 0 Å². The minimum absolute atomic E-state index is 0.601. The van der Waals surface area contributed by atoms with Crippen LogP contribution in [0.15, 0.2) is 29.4 Å². The summed E-state index contributed by atoms with van der Waals surface area (Å²) in [6, 6.07) is 7.83. The molecule has 3 N–H and O–H groups in total. The Morgan fingerprint density at radius 1 is 1.26 bits per heavy atom. The van der Waals surface area contributed by atoms with Gasteiger partial charge in [0.2, 0.25) is 0 Å². The van der Waals surface area contributed by atoms with Crippen LogP contribution in [0.5, 0.6) is 0 Å². The summed E-state index contributed by atoms with van der Waals surface area (Å²) in [5.41, 5.74) is 11.0. The molecule has 2 atom stereocenters. The lowest BCUT2D eigenvalue weighted by Gasteiger charge is -2.37. The van der Waals surface area contributed by atoms with Crippen LogP contribution in [0.25, 0.3) is 0 Å². The van der Waals surface area contributed by atoms with E-state index in [-0.39, 0.29) is 0 Å². The fourth-order valence-electron chi connectivity index (χ4n) is 3.53. The molecule has 4 heteroatoms. The quantitative estimate of drug-likeness (QED) is 0.746. The molecule has 0 saturated heterocycles. The van der Waals surface area contributed by atoms with E-state index >= 15 is 0 Å². The number of carbonyl (C=O) groups is 1. The number of amides is 2. The van der Waals surface area contributed by atoms with Crippen LogP contribution >= 0.6 is 0 Å². The van der Waals surface area contributed by atoms with E-state index < -0.39 is 6.03 Å². The number of rotatable bonds is 1. The van der Waals surface area contributed by atoms with Gasteiger partial charge in [-0.25, -0.2) is 10.2 Å². The highest BCUT2D eigenvalue weighted by molar-refractivity contribution is 6.03. The highest BCUT2D eigenvalue weighted by Crippen LogP contribution is 2.44. The van der Waals surface area contributed by atoms with E-state index in [1.807, 2.05) is 6.07 Å². The van der Waals surface area contributed by atoms with Crippen LogP contribution in [0.1, 0.15) is 49.1 Å². The maximum atomic E-state index is 10.8. The van der Waals surface area contributed by atoms with Gasteiger partial charge in [-0.15, -0.1) is 0 Å². The average Bonchev–Trinajstić information content (AvgIpc) is 2.44. The number of urea groups is 1. The molecule has 1 saturated carbocycles. The number of fused-ring (bicyclic) bond motifs is 3. The third-order valence-electron chi connectivity index (χ3n) is 4.34. The second-order valence-electron chi connectivity index (χ2n) is 5.48. The summed E-state index contributed by atoms with van der Waals surface area (Å²) in [6.45, 7) is 0. The van der Waals surface area contributed by atoms with Gasteiger partial charge < -0.3 is 5.73 Å². The number of nitrogens with one attached hydrogen (secondary N) is 1. The average molecular weight is 257 g/mol. The maximum Gasteiger partial charge on any atom is 0.332 e. The Morgan fingerprint density at radius 2 is 2.05 bits per heavy atom. The van der Waals surface area contributed by atoms with Crippen molar-refractivity contribution in [2.45, 2.75) is 38.0 Å². The van der Waals surface area contributed by atoms with Crippen LogP contribution in [0.4, 0.5) is 4.79 Å². The summed E-state index contributed by atoms with van der Waals surface area (Å²) in [5.74, 6) is 1.33. The fourth-order valence-corrected chi connectivity index (χ4v) is 3.53. The van der Waals surface area contributed by atoms with Gasteiger partial charge >= 0.3 is 6.03 Å². The van der Waals surface area contributed by atoms with Crippen molar-refractivity contribution in [3.8, 4) is 0 Å². The highest BCUT2D eigenvalue weighted by Gasteiger charge is 2.34. The third kappa shape index (κ3) is 2.35. The van der Waals surface area contributed by atoms with Gasteiger partial charge in [-0.05, 0) is 36.7 Å². The summed E-state index contributed by atoms with van der Waals surface area (Å²) in [4.78, 5) is 10.8. The van der Waals surface area contributed by atoms with Crippen molar-refractivity contribution in [1.29, 1.82) is 0 Å². The molecule has 2 amide bonds. The molecule has 0 aliphatic heterocycles. The zero-order valence-corrected chi connectivity index (χ0v) is 10.9. The van der Waals surface area contributed by atoms with Crippen LogP contribution in [0, 0.1) is 5.92 Å². The van der Waals surface area contributed by atoms with Crippen LogP contribution in [0.3, 0.4) is 0 Å². The molecule has 2 aliphatic carbocycles. The van der Waals surface area contributed by atoms with Crippen molar-refractivity contribution in [3.05, 3.63) is 35.4 Å². The number of nitrogens with two attached hydrogens (primary N) is 1. The smallest absolute Gasteiger partial charge is 0.332 e. The maximum absolute atomic E-state index is 10.8.